The van der Waals surface area contributed by atoms with Gasteiger partial charge in [-0.05, 0) is 38.8 Å². The van der Waals surface area contributed by atoms with E-state index in [1.165, 1.54) is 5.56 Å². The number of anilines is 2. The number of nitrogens with zero attached hydrogens (tertiary/aromatic N) is 1. The van der Waals surface area contributed by atoms with Crippen molar-refractivity contribution in [1.29, 1.82) is 0 Å². The van der Waals surface area contributed by atoms with Crippen LogP contribution in [-0.2, 0) is 16.0 Å². The molecule has 0 unspecified atom stereocenters. The van der Waals surface area contributed by atoms with E-state index in [-0.39, 0.29) is 12.5 Å². The van der Waals surface area contributed by atoms with Crippen molar-refractivity contribution in [1.82, 2.24) is 0 Å². The molecule has 2 N–H and O–H groups in total. The van der Waals surface area contributed by atoms with Crippen LogP contribution in [0.1, 0.15) is 26.3 Å². The molecule has 0 aromatic heterocycles. The zero-order chi connectivity index (χ0) is 13.3. The highest BCUT2D eigenvalue weighted by atomic mass is 16.6. The van der Waals surface area contributed by atoms with Gasteiger partial charge in [0.05, 0.1) is 11.4 Å². The predicted octanol–water partition coefficient (Wildman–Crippen LogP) is 1.97. The molecular weight excluding hydrogens is 228 g/mol. The Kier molecular flexibility index (Phi) is 3.20. The Morgan fingerprint density at radius 2 is 2.17 bits per heavy atom. The Morgan fingerprint density at radius 1 is 1.44 bits per heavy atom. The highest BCUT2D eigenvalue weighted by Crippen LogP contribution is 2.33. The molecule has 0 spiro atoms. The number of nitrogens with two attached hydrogens (primary N) is 1. The van der Waals surface area contributed by atoms with E-state index in [4.69, 9.17) is 10.5 Å². The fourth-order valence-electron chi connectivity index (χ4n) is 2.25. The van der Waals surface area contributed by atoms with Gasteiger partial charge >= 0.3 is 5.97 Å². The van der Waals surface area contributed by atoms with Gasteiger partial charge in [-0.2, -0.15) is 0 Å². The third kappa shape index (κ3) is 2.75. The number of hydrogen-bond acceptors (Lipinski definition) is 4. The highest BCUT2D eigenvalue weighted by Gasteiger charge is 2.25. The fraction of sp³-hybridized carbons (Fsp3) is 0.500. The lowest BCUT2D eigenvalue weighted by atomic mass is 10.1. The average Bonchev–Trinajstić information content (AvgIpc) is 2.59. The molecule has 1 aliphatic rings. The van der Waals surface area contributed by atoms with Gasteiger partial charge in [0, 0.05) is 6.54 Å². The maximum atomic E-state index is 11.8. The largest absolute Gasteiger partial charge is 0.459 e. The van der Waals surface area contributed by atoms with Crippen LogP contribution in [0.2, 0.25) is 0 Å². The van der Waals surface area contributed by atoms with Crippen molar-refractivity contribution in [2.75, 3.05) is 23.7 Å². The summed E-state index contributed by atoms with van der Waals surface area (Å²) >= 11 is 0. The Balaban J connectivity index is 2.08. The summed E-state index contributed by atoms with van der Waals surface area (Å²) in [6.07, 6.45) is 0.934. The molecule has 98 valence electrons. The zero-order valence-corrected chi connectivity index (χ0v) is 11.2. The van der Waals surface area contributed by atoms with Crippen LogP contribution in [0.4, 0.5) is 11.4 Å². The Morgan fingerprint density at radius 3 is 2.83 bits per heavy atom. The smallest absolute Gasteiger partial charge is 0.326 e. The minimum atomic E-state index is -0.443. The van der Waals surface area contributed by atoms with Gasteiger partial charge in [0.1, 0.15) is 12.1 Å². The molecule has 18 heavy (non-hydrogen) atoms. The van der Waals surface area contributed by atoms with E-state index in [0.29, 0.717) is 0 Å². The van der Waals surface area contributed by atoms with E-state index in [1.54, 1.807) is 0 Å². The first-order chi connectivity index (χ1) is 8.37. The van der Waals surface area contributed by atoms with E-state index in [1.807, 2.05) is 37.8 Å². The molecule has 0 bridgehead atoms. The Labute approximate surface area is 108 Å². The normalized spacial score (nSPS) is 14.5. The number of rotatable bonds is 2. The molecule has 0 radical (unpaired) electrons. The molecule has 0 amide bonds. The van der Waals surface area contributed by atoms with Crippen molar-refractivity contribution in [3.63, 3.8) is 0 Å². The number of nitrogen functional groups attached to an aromatic ring is 1. The second-order valence-corrected chi connectivity index (χ2v) is 5.61. The predicted molar refractivity (Wildman–Crippen MR) is 72.6 cm³/mol. The first-order valence-electron chi connectivity index (χ1n) is 6.21. The molecule has 4 nitrogen and oxygen atoms in total. The molecule has 4 heteroatoms. The van der Waals surface area contributed by atoms with Crippen molar-refractivity contribution in [2.24, 2.45) is 0 Å². The van der Waals surface area contributed by atoms with Crippen molar-refractivity contribution in [3.8, 4) is 0 Å². The lowest BCUT2D eigenvalue weighted by Gasteiger charge is -2.24. The van der Waals surface area contributed by atoms with Gasteiger partial charge < -0.3 is 15.4 Å². The van der Waals surface area contributed by atoms with Crippen molar-refractivity contribution >= 4 is 17.3 Å². The van der Waals surface area contributed by atoms with E-state index in [0.717, 1.165) is 24.3 Å². The molecule has 0 fully saturated rings. The quantitative estimate of drug-likeness (QED) is 0.642. The van der Waals surface area contributed by atoms with Gasteiger partial charge in [-0.25, -0.2) is 0 Å². The maximum absolute atomic E-state index is 11.8. The summed E-state index contributed by atoms with van der Waals surface area (Å²) in [5.74, 6) is -0.210. The number of carbonyl (C=O) groups is 1. The summed E-state index contributed by atoms with van der Waals surface area (Å²) in [5.41, 5.74) is 8.46. The monoisotopic (exact) mass is 248 g/mol. The average molecular weight is 248 g/mol. The van der Waals surface area contributed by atoms with Crippen LogP contribution >= 0.6 is 0 Å². The molecule has 1 aromatic rings. The number of ether oxygens (including phenoxy) is 1. The van der Waals surface area contributed by atoms with Crippen LogP contribution in [-0.4, -0.2) is 24.7 Å². The molecule has 0 saturated carbocycles. The maximum Gasteiger partial charge on any atom is 0.326 e. The summed E-state index contributed by atoms with van der Waals surface area (Å²) in [7, 11) is 0. The minimum absolute atomic E-state index is 0.210. The molecule has 1 aromatic carbocycles. The molecule has 0 aliphatic carbocycles. The van der Waals surface area contributed by atoms with Crippen LogP contribution in [0, 0.1) is 0 Å². The van der Waals surface area contributed by atoms with Gasteiger partial charge in [-0.15, -0.1) is 0 Å². The van der Waals surface area contributed by atoms with E-state index >= 15 is 0 Å². The molecule has 0 atom stereocenters. The zero-order valence-electron chi connectivity index (χ0n) is 11.2. The lowest BCUT2D eigenvalue weighted by Crippen LogP contribution is -2.34. The Hall–Kier alpha value is -1.71. The van der Waals surface area contributed by atoms with Gasteiger partial charge in [-0.3, -0.25) is 4.79 Å². The summed E-state index contributed by atoms with van der Waals surface area (Å²) in [4.78, 5) is 13.8. The fourth-order valence-corrected chi connectivity index (χ4v) is 2.25. The van der Waals surface area contributed by atoms with E-state index in [9.17, 15) is 4.79 Å². The number of fused-ring (bicyclic) bond motifs is 1. The van der Waals surface area contributed by atoms with Crippen molar-refractivity contribution < 1.29 is 9.53 Å². The van der Waals surface area contributed by atoms with Crippen LogP contribution in [0.25, 0.3) is 0 Å². The third-order valence-electron chi connectivity index (χ3n) is 2.86. The lowest BCUT2D eigenvalue weighted by molar-refractivity contribution is -0.152. The van der Waals surface area contributed by atoms with Crippen LogP contribution in [0.15, 0.2) is 18.2 Å². The van der Waals surface area contributed by atoms with Crippen LogP contribution in [0.3, 0.4) is 0 Å². The van der Waals surface area contributed by atoms with Gasteiger partial charge in [0.2, 0.25) is 0 Å². The highest BCUT2D eigenvalue weighted by molar-refractivity contribution is 5.82. The number of carbonyl (C=O) groups excluding carboxylic acids is 1. The van der Waals surface area contributed by atoms with Gasteiger partial charge in [-0.1, -0.05) is 12.1 Å². The van der Waals surface area contributed by atoms with Crippen LogP contribution in [0.5, 0.6) is 0 Å². The van der Waals surface area contributed by atoms with Crippen LogP contribution < -0.4 is 10.6 Å². The number of esters is 1. The molecule has 0 saturated heterocycles. The van der Waals surface area contributed by atoms with Gasteiger partial charge in [0.25, 0.3) is 0 Å². The molecule has 1 aliphatic heterocycles. The van der Waals surface area contributed by atoms with Crippen molar-refractivity contribution in [3.05, 3.63) is 23.8 Å². The summed E-state index contributed by atoms with van der Waals surface area (Å²) < 4.78 is 5.33. The second kappa shape index (κ2) is 4.52. The molecular formula is C14H20N2O2. The van der Waals surface area contributed by atoms with E-state index < -0.39 is 5.60 Å². The molecule has 2 rings (SSSR count). The second-order valence-electron chi connectivity index (χ2n) is 5.61. The topological polar surface area (TPSA) is 55.6 Å². The van der Waals surface area contributed by atoms with Crippen molar-refractivity contribution in [2.45, 2.75) is 32.8 Å². The first-order valence-corrected chi connectivity index (χ1v) is 6.21. The minimum Gasteiger partial charge on any atom is -0.459 e. The third-order valence-corrected chi connectivity index (χ3v) is 2.86. The standard InChI is InChI=1S/C14H20N2O2/c1-14(2,3)18-12(17)9-16-8-7-10-5-4-6-11(15)13(10)16/h4-6H,7-9,15H2,1-3H3. The number of benzene rings is 1. The number of hydrogen-bond donors (Lipinski definition) is 1. The first kappa shape index (κ1) is 12.7. The number of para-hydroxylation sites is 1. The summed E-state index contributed by atoms with van der Waals surface area (Å²) in [5, 5.41) is 0. The van der Waals surface area contributed by atoms with E-state index in [2.05, 4.69) is 6.07 Å². The summed E-state index contributed by atoms with van der Waals surface area (Å²) in [6.45, 7) is 6.70. The Bertz CT molecular complexity index is 463. The summed E-state index contributed by atoms with van der Waals surface area (Å²) in [6, 6.07) is 5.87. The molecule has 1 heterocycles. The SMILES string of the molecule is CC(C)(C)OC(=O)CN1CCc2cccc(N)c21. The van der Waals surface area contributed by atoms with Gasteiger partial charge in [0.15, 0.2) is 0 Å².